The van der Waals surface area contributed by atoms with E-state index in [4.69, 9.17) is 11.6 Å². The Balaban J connectivity index is 2.14. The van der Waals surface area contributed by atoms with Crippen LogP contribution in [-0.2, 0) is 6.42 Å². The van der Waals surface area contributed by atoms with Gasteiger partial charge in [-0.25, -0.2) is 4.39 Å². The van der Waals surface area contributed by atoms with Crippen molar-refractivity contribution in [3.8, 4) is 0 Å². The van der Waals surface area contributed by atoms with Crippen molar-refractivity contribution in [1.29, 1.82) is 0 Å². The van der Waals surface area contributed by atoms with Gasteiger partial charge in [0.15, 0.2) is 0 Å². The Morgan fingerprint density at radius 3 is 2.94 bits per heavy atom. The Kier molecular flexibility index (Phi) is 3.71. The molecule has 0 saturated carbocycles. The first-order valence-corrected chi connectivity index (χ1v) is 6.21. The van der Waals surface area contributed by atoms with Crippen molar-refractivity contribution in [3.05, 3.63) is 34.6 Å². The Morgan fingerprint density at radius 1 is 1.53 bits per heavy atom. The molecule has 1 aromatic rings. The lowest BCUT2D eigenvalue weighted by atomic mass is 9.86. The van der Waals surface area contributed by atoms with Crippen molar-refractivity contribution < 1.29 is 9.50 Å². The van der Waals surface area contributed by atoms with Crippen LogP contribution in [0.5, 0.6) is 0 Å². The summed E-state index contributed by atoms with van der Waals surface area (Å²) in [6, 6.07) is 4.62. The van der Waals surface area contributed by atoms with E-state index < -0.39 is 5.60 Å². The molecule has 4 heteroatoms. The summed E-state index contributed by atoms with van der Waals surface area (Å²) in [5.74, 6) is -0.334. The van der Waals surface area contributed by atoms with Crippen molar-refractivity contribution in [2.45, 2.75) is 24.9 Å². The van der Waals surface area contributed by atoms with E-state index in [1.807, 2.05) is 7.05 Å². The average molecular weight is 258 g/mol. The molecular formula is C13H17ClFNO. The number of aliphatic hydroxyl groups is 1. The van der Waals surface area contributed by atoms with Crippen molar-refractivity contribution in [1.82, 2.24) is 4.90 Å². The molecule has 0 amide bonds. The van der Waals surface area contributed by atoms with Gasteiger partial charge in [-0.05, 0) is 44.1 Å². The van der Waals surface area contributed by atoms with Crippen LogP contribution in [0.1, 0.15) is 18.4 Å². The molecule has 1 aliphatic heterocycles. The summed E-state index contributed by atoms with van der Waals surface area (Å²) in [7, 11) is 1.97. The van der Waals surface area contributed by atoms with Crippen LogP contribution in [0.2, 0.25) is 5.02 Å². The average Bonchev–Trinajstić information content (AvgIpc) is 2.22. The zero-order chi connectivity index (χ0) is 12.5. The minimum Gasteiger partial charge on any atom is -0.388 e. The standard InChI is InChI=1S/C13H17ClFNO/c1-16-6-2-5-13(17,9-16)8-10-3-4-11(14)7-12(10)15/h3-4,7,17H,2,5-6,8-9H2,1H3. The van der Waals surface area contributed by atoms with E-state index in [9.17, 15) is 9.50 Å². The van der Waals surface area contributed by atoms with Crippen molar-refractivity contribution >= 4 is 11.6 Å². The number of nitrogens with zero attached hydrogens (tertiary/aromatic N) is 1. The predicted octanol–water partition coefficient (Wildman–Crippen LogP) is 2.48. The maximum absolute atomic E-state index is 13.7. The predicted molar refractivity (Wildman–Crippen MR) is 66.8 cm³/mol. The molecule has 1 heterocycles. The SMILES string of the molecule is CN1CCCC(O)(Cc2ccc(Cl)cc2F)C1. The summed E-state index contributed by atoms with van der Waals surface area (Å²) < 4.78 is 13.7. The quantitative estimate of drug-likeness (QED) is 0.880. The first-order chi connectivity index (χ1) is 7.98. The number of rotatable bonds is 2. The molecule has 2 nitrogen and oxygen atoms in total. The van der Waals surface area contributed by atoms with Crippen LogP contribution in [0.3, 0.4) is 0 Å². The van der Waals surface area contributed by atoms with Gasteiger partial charge in [0, 0.05) is 18.0 Å². The highest BCUT2D eigenvalue weighted by Crippen LogP contribution is 2.26. The van der Waals surface area contributed by atoms with E-state index in [-0.39, 0.29) is 5.82 Å². The third-order valence-corrected chi connectivity index (χ3v) is 3.52. The number of halogens is 2. The van der Waals surface area contributed by atoms with Gasteiger partial charge in [0.1, 0.15) is 5.82 Å². The molecule has 94 valence electrons. The highest BCUT2D eigenvalue weighted by Gasteiger charge is 2.32. The van der Waals surface area contributed by atoms with Crippen LogP contribution < -0.4 is 0 Å². The largest absolute Gasteiger partial charge is 0.388 e. The highest BCUT2D eigenvalue weighted by atomic mass is 35.5. The Bertz CT molecular complexity index is 412. The monoisotopic (exact) mass is 257 g/mol. The molecule has 0 bridgehead atoms. The van der Waals surface area contributed by atoms with Gasteiger partial charge < -0.3 is 10.0 Å². The second-order valence-electron chi connectivity index (χ2n) is 4.98. The molecule has 17 heavy (non-hydrogen) atoms. The molecule has 1 aliphatic rings. The minimum atomic E-state index is -0.818. The summed E-state index contributed by atoms with van der Waals surface area (Å²) >= 11 is 5.71. The summed E-state index contributed by atoms with van der Waals surface area (Å²) in [6.07, 6.45) is 2.02. The molecular weight excluding hydrogens is 241 g/mol. The molecule has 0 aromatic heterocycles. The maximum Gasteiger partial charge on any atom is 0.127 e. The molecule has 1 aromatic carbocycles. The first-order valence-electron chi connectivity index (χ1n) is 5.83. The molecule has 1 saturated heterocycles. The van der Waals surface area contributed by atoms with Crippen molar-refractivity contribution in [3.63, 3.8) is 0 Å². The van der Waals surface area contributed by atoms with Gasteiger partial charge in [-0.1, -0.05) is 17.7 Å². The third kappa shape index (κ3) is 3.18. The van der Waals surface area contributed by atoms with Crippen LogP contribution in [-0.4, -0.2) is 35.7 Å². The second-order valence-corrected chi connectivity index (χ2v) is 5.41. The Hall–Kier alpha value is -0.640. The van der Waals surface area contributed by atoms with E-state index >= 15 is 0 Å². The van der Waals surface area contributed by atoms with Gasteiger partial charge >= 0.3 is 0 Å². The number of β-amino-alcohol motifs (C(OH)–C–C–N with tert-alkyl or cyclic N) is 1. The summed E-state index contributed by atoms with van der Waals surface area (Å²) in [5, 5.41) is 10.8. The lowest BCUT2D eigenvalue weighted by molar-refractivity contribution is -0.0229. The van der Waals surface area contributed by atoms with Crippen LogP contribution in [0, 0.1) is 5.82 Å². The smallest absolute Gasteiger partial charge is 0.127 e. The summed E-state index contributed by atoms with van der Waals surface area (Å²) in [4.78, 5) is 2.08. The van der Waals surface area contributed by atoms with Crippen LogP contribution in [0.4, 0.5) is 4.39 Å². The molecule has 1 fully saturated rings. The van der Waals surface area contributed by atoms with E-state index in [0.29, 0.717) is 23.6 Å². The molecule has 0 aliphatic carbocycles. The highest BCUT2D eigenvalue weighted by molar-refractivity contribution is 6.30. The molecule has 1 atom stereocenters. The Morgan fingerprint density at radius 2 is 2.29 bits per heavy atom. The van der Waals surface area contributed by atoms with Crippen LogP contribution in [0.15, 0.2) is 18.2 Å². The number of piperidine rings is 1. The molecule has 0 spiro atoms. The van der Waals surface area contributed by atoms with Crippen molar-refractivity contribution in [2.24, 2.45) is 0 Å². The third-order valence-electron chi connectivity index (χ3n) is 3.28. The van der Waals surface area contributed by atoms with Gasteiger partial charge in [0.2, 0.25) is 0 Å². The number of likely N-dealkylation sites (tertiary alicyclic amines) is 1. The zero-order valence-electron chi connectivity index (χ0n) is 9.92. The Labute approximate surface area is 106 Å². The molecule has 1 N–H and O–H groups in total. The minimum absolute atomic E-state index is 0.334. The molecule has 1 unspecified atom stereocenters. The topological polar surface area (TPSA) is 23.5 Å². The fraction of sp³-hybridized carbons (Fsp3) is 0.538. The summed E-state index contributed by atoms with van der Waals surface area (Å²) in [5.41, 5.74) is -0.283. The van der Waals surface area contributed by atoms with E-state index in [2.05, 4.69) is 4.90 Å². The van der Waals surface area contributed by atoms with Crippen molar-refractivity contribution in [2.75, 3.05) is 20.1 Å². The van der Waals surface area contributed by atoms with E-state index in [0.717, 1.165) is 19.4 Å². The van der Waals surface area contributed by atoms with Gasteiger partial charge in [0.25, 0.3) is 0 Å². The lowest BCUT2D eigenvalue weighted by Gasteiger charge is -2.37. The number of hydrogen-bond donors (Lipinski definition) is 1. The zero-order valence-corrected chi connectivity index (χ0v) is 10.7. The number of hydrogen-bond acceptors (Lipinski definition) is 2. The number of likely N-dealkylation sites (N-methyl/N-ethyl adjacent to an activating group) is 1. The van der Waals surface area contributed by atoms with Crippen LogP contribution >= 0.6 is 11.6 Å². The van der Waals surface area contributed by atoms with Gasteiger partial charge in [0.05, 0.1) is 5.60 Å². The maximum atomic E-state index is 13.7. The first kappa shape index (κ1) is 12.8. The lowest BCUT2D eigenvalue weighted by Crippen LogP contribution is -2.48. The van der Waals surface area contributed by atoms with Gasteiger partial charge in [-0.2, -0.15) is 0 Å². The normalized spacial score (nSPS) is 26.1. The van der Waals surface area contributed by atoms with Gasteiger partial charge in [-0.3, -0.25) is 0 Å². The number of benzene rings is 1. The van der Waals surface area contributed by atoms with Crippen LogP contribution in [0.25, 0.3) is 0 Å². The fourth-order valence-corrected chi connectivity index (χ4v) is 2.66. The fourth-order valence-electron chi connectivity index (χ4n) is 2.50. The van der Waals surface area contributed by atoms with E-state index in [1.54, 1.807) is 12.1 Å². The molecule has 0 radical (unpaired) electrons. The summed E-state index contributed by atoms with van der Waals surface area (Å²) in [6.45, 7) is 1.58. The second kappa shape index (κ2) is 4.92. The van der Waals surface area contributed by atoms with E-state index in [1.165, 1.54) is 6.07 Å². The van der Waals surface area contributed by atoms with Gasteiger partial charge in [-0.15, -0.1) is 0 Å². The molecule has 2 rings (SSSR count).